The Hall–Kier alpha value is -3.18. The Morgan fingerprint density at radius 1 is 1.08 bits per heavy atom. The van der Waals surface area contributed by atoms with Crippen molar-refractivity contribution in [2.75, 3.05) is 61.9 Å². The SMILES string of the molecule is C#Cc1cc([N+](=O)[O-])cc(S(=O)(=O)N2CCN(c3ccccc3)CC2)c1N(CCC)CCOS(C)(=O)=O. The third kappa shape index (κ3) is 6.98. The molecule has 0 bridgehead atoms. The number of para-hydroxylation sites is 1. The predicted octanol–water partition coefficient (Wildman–Crippen LogP) is 2.28. The largest absolute Gasteiger partial charge is 0.369 e. The molecule has 1 fully saturated rings. The Labute approximate surface area is 218 Å². The van der Waals surface area contributed by atoms with Crippen LogP contribution in [0.4, 0.5) is 17.1 Å². The van der Waals surface area contributed by atoms with Crippen LogP contribution in [0.25, 0.3) is 0 Å². The van der Waals surface area contributed by atoms with Crippen LogP contribution in [0.15, 0.2) is 47.4 Å². The lowest BCUT2D eigenvalue weighted by Crippen LogP contribution is -2.49. The van der Waals surface area contributed by atoms with Crippen molar-refractivity contribution in [3.05, 3.63) is 58.1 Å². The monoisotopic (exact) mass is 550 g/mol. The van der Waals surface area contributed by atoms with E-state index in [0.717, 1.165) is 24.1 Å². The summed E-state index contributed by atoms with van der Waals surface area (Å²) in [5.41, 5.74) is 0.688. The molecule has 0 aromatic heterocycles. The molecule has 13 heteroatoms. The van der Waals surface area contributed by atoms with E-state index in [1.807, 2.05) is 37.3 Å². The topological polar surface area (TPSA) is 130 Å². The van der Waals surface area contributed by atoms with E-state index in [4.69, 9.17) is 10.6 Å². The number of hydrogen-bond donors (Lipinski definition) is 0. The van der Waals surface area contributed by atoms with Crippen LogP contribution in [0.1, 0.15) is 18.9 Å². The average molecular weight is 551 g/mol. The summed E-state index contributed by atoms with van der Waals surface area (Å²) in [5, 5.41) is 11.6. The number of sulfonamides is 1. The highest BCUT2D eigenvalue weighted by atomic mass is 32.2. The minimum Gasteiger partial charge on any atom is -0.369 e. The van der Waals surface area contributed by atoms with Gasteiger partial charge in [-0.3, -0.25) is 14.3 Å². The number of benzene rings is 2. The normalized spacial score (nSPS) is 14.8. The van der Waals surface area contributed by atoms with E-state index < -0.39 is 30.8 Å². The summed E-state index contributed by atoms with van der Waals surface area (Å²) >= 11 is 0. The van der Waals surface area contributed by atoms with Crippen molar-refractivity contribution >= 4 is 37.2 Å². The number of nitrogens with zero attached hydrogens (tertiary/aromatic N) is 4. The molecule has 200 valence electrons. The van der Waals surface area contributed by atoms with Crippen LogP contribution in [0, 0.1) is 22.5 Å². The van der Waals surface area contributed by atoms with Crippen molar-refractivity contribution in [3.8, 4) is 12.3 Å². The van der Waals surface area contributed by atoms with Crippen molar-refractivity contribution < 1.29 is 25.9 Å². The van der Waals surface area contributed by atoms with Gasteiger partial charge in [0.15, 0.2) is 0 Å². The van der Waals surface area contributed by atoms with E-state index >= 15 is 0 Å². The second kappa shape index (κ2) is 11.9. The molecule has 0 amide bonds. The van der Waals surface area contributed by atoms with E-state index in [2.05, 4.69) is 10.8 Å². The van der Waals surface area contributed by atoms with Gasteiger partial charge in [0.05, 0.1) is 29.0 Å². The van der Waals surface area contributed by atoms with Crippen LogP contribution < -0.4 is 9.80 Å². The third-order valence-electron chi connectivity index (χ3n) is 5.87. The smallest absolute Gasteiger partial charge is 0.272 e. The van der Waals surface area contributed by atoms with Crippen LogP contribution in [0.5, 0.6) is 0 Å². The summed E-state index contributed by atoms with van der Waals surface area (Å²) < 4.78 is 56.9. The maximum atomic E-state index is 13.9. The molecule has 0 unspecified atom stereocenters. The van der Waals surface area contributed by atoms with E-state index in [0.29, 0.717) is 26.1 Å². The lowest BCUT2D eigenvalue weighted by molar-refractivity contribution is -0.385. The number of terminal acetylenes is 1. The zero-order chi connectivity index (χ0) is 27.2. The average Bonchev–Trinajstić information content (AvgIpc) is 2.87. The number of nitro groups is 1. The standard InChI is InChI=1S/C24H30N4O7S2/c1-4-11-26(16-17-35-36(3,31)32)24-20(5-2)18-22(28(29)30)19-23(24)37(33,34)27-14-12-25(13-15-27)21-9-7-6-8-10-21/h2,6-10,18-19H,4,11-17H2,1,3H3. The Morgan fingerprint density at radius 2 is 1.73 bits per heavy atom. The zero-order valence-electron chi connectivity index (χ0n) is 20.7. The fourth-order valence-corrected chi connectivity index (χ4v) is 6.25. The number of rotatable bonds is 11. The van der Waals surface area contributed by atoms with E-state index in [1.54, 1.807) is 4.90 Å². The molecule has 37 heavy (non-hydrogen) atoms. The summed E-state index contributed by atoms with van der Waals surface area (Å²) in [5.74, 6) is 2.38. The summed E-state index contributed by atoms with van der Waals surface area (Å²) in [6.07, 6.45) is 7.18. The summed E-state index contributed by atoms with van der Waals surface area (Å²) in [6, 6.07) is 11.8. The number of piperazine rings is 1. The quantitative estimate of drug-likeness (QED) is 0.179. The molecule has 1 aliphatic rings. The van der Waals surface area contributed by atoms with Crippen molar-refractivity contribution in [2.45, 2.75) is 18.2 Å². The van der Waals surface area contributed by atoms with Gasteiger partial charge in [-0.25, -0.2) is 8.42 Å². The molecule has 0 spiro atoms. The fraction of sp³-hybridized carbons (Fsp3) is 0.417. The van der Waals surface area contributed by atoms with Gasteiger partial charge in [-0.05, 0) is 18.6 Å². The molecule has 1 saturated heterocycles. The number of anilines is 2. The first-order valence-corrected chi connectivity index (χ1v) is 14.9. The number of nitro benzene ring substituents is 1. The first-order chi connectivity index (χ1) is 17.5. The highest BCUT2D eigenvalue weighted by Crippen LogP contribution is 2.36. The Bertz CT molecular complexity index is 1370. The van der Waals surface area contributed by atoms with Gasteiger partial charge in [-0.15, -0.1) is 6.42 Å². The van der Waals surface area contributed by atoms with Gasteiger partial charge in [-0.1, -0.05) is 31.0 Å². The number of hydrogen-bond acceptors (Lipinski definition) is 9. The van der Waals surface area contributed by atoms with Crippen LogP contribution in [-0.2, 0) is 24.3 Å². The molecule has 0 saturated carbocycles. The molecular formula is C24H30N4O7S2. The molecule has 1 heterocycles. The second-order valence-corrected chi connectivity index (χ2v) is 12.0. The molecule has 2 aromatic rings. The minimum absolute atomic E-state index is 0.0116. The van der Waals surface area contributed by atoms with Crippen molar-refractivity contribution in [3.63, 3.8) is 0 Å². The second-order valence-electron chi connectivity index (χ2n) is 8.48. The van der Waals surface area contributed by atoms with Crippen molar-refractivity contribution in [1.29, 1.82) is 0 Å². The lowest BCUT2D eigenvalue weighted by Gasteiger charge is -2.36. The molecule has 0 aliphatic carbocycles. The maximum Gasteiger partial charge on any atom is 0.272 e. The molecule has 11 nitrogen and oxygen atoms in total. The minimum atomic E-state index is -4.20. The van der Waals surface area contributed by atoms with E-state index in [1.165, 1.54) is 4.31 Å². The van der Waals surface area contributed by atoms with Gasteiger partial charge in [0.1, 0.15) is 4.90 Å². The summed E-state index contributed by atoms with van der Waals surface area (Å²) in [7, 11) is -7.92. The Balaban J connectivity index is 2.02. The molecule has 3 rings (SSSR count). The van der Waals surface area contributed by atoms with Crippen molar-refractivity contribution in [2.24, 2.45) is 0 Å². The highest BCUT2D eigenvalue weighted by molar-refractivity contribution is 7.89. The molecule has 1 aliphatic heterocycles. The van der Waals surface area contributed by atoms with Gasteiger partial charge in [0, 0.05) is 57.1 Å². The molecule has 0 N–H and O–H groups in total. The number of non-ortho nitro benzene ring substituents is 1. The maximum absolute atomic E-state index is 13.9. The van der Waals surface area contributed by atoms with Crippen LogP contribution >= 0.6 is 0 Å². The fourth-order valence-electron chi connectivity index (χ4n) is 4.20. The van der Waals surface area contributed by atoms with Crippen LogP contribution in [0.3, 0.4) is 0 Å². The van der Waals surface area contributed by atoms with Gasteiger partial charge < -0.3 is 9.80 Å². The van der Waals surface area contributed by atoms with Gasteiger partial charge in [-0.2, -0.15) is 12.7 Å². The van der Waals surface area contributed by atoms with Crippen LogP contribution in [-0.4, -0.2) is 78.2 Å². The Kier molecular flexibility index (Phi) is 9.14. The summed E-state index contributed by atoms with van der Waals surface area (Å²) in [4.78, 5) is 14.3. The van der Waals surface area contributed by atoms with Gasteiger partial charge in [0.2, 0.25) is 10.0 Å². The molecule has 0 atom stereocenters. The van der Waals surface area contributed by atoms with Crippen LogP contribution in [0.2, 0.25) is 0 Å². The highest BCUT2D eigenvalue weighted by Gasteiger charge is 2.34. The predicted molar refractivity (Wildman–Crippen MR) is 142 cm³/mol. The van der Waals surface area contributed by atoms with E-state index in [9.17, 15) is 26.9 Å². The Morgan fingerprint density at radius 3 is 2.27 bits per heavy atom. The van der Waals surface area contributed by atoms with E-state index in [-0.39, 0.29) is 42.4 Å². The van der Waals surface area contributed by atoms with Gasteiger partial charge >= 0.3 is 0 Å². The summed E-state index contributed by atoms with van der Waals surface area (Å²) in [6.45, 7) is 3.19. The lowest BCUT2D eigenvalue weighted by atomic mass is 10.1. The first-order valence-electron chi connectivity index (χ1n) is 11.7. The molecule has 2 aromatic carbocycles. The van der Waals surface area contributed by atoms with Crippen molar-refractivity contribution in [1.82, 2.24) is 4.31 Å². The third-order valence-corrected chi connectivity index (χ3v) is 8.38. The first kappa shape index (κ1) is 28.4. The zero-order valence-corrected chi connectivity index (χ0v) is 22.4. The molecule has 0 radical (unpaired) electrons. The molecular weight excluding hydrogens is 520 g/mol. The van der Waals surface area contributed by atoms with Gasteiger partial charge in [0.25, 0.3) is 15.8 Å².